The number of anilines is 1. The lowest BCUT2D eigenvalue weighted by molar-refractivity contribution is -0.385. The van der Waals surface area contributed by atoms with Crippen molar-refractivity contribution >= 4 is 33.6 Å². The first-order chi connectivity index (χ1) is 10.6. The first kappa shape index (κ1) is 14.3. The number of fused-ring (bicyclic) bond motifs is 1. The number of pyridine rings is 1. The summed E-state index contributed by atoms with van der Waals surface area (Å²) in [6.07, 6.45) is 2.74. The molecule has 0 atom stereocenters. The predicted octanol–water partition coefficient (Wildman–Crippen LogP) is 2.93. The average molecular weight is 365 g/mol. The molecule has 1 aliphatic heterocycles. The van der Waals surface area contributed by atoms with Crippen molar-refractivity contribution < 1.29 is 14.4 Å². The third-order valence-corrected chi connectivity index (χ3v) is 3.52. The molecule has 0 unspecified atom stereocenters. The van der Waals surface area contributed by atoms with Gasteiger partial charge in [0.1, 0.15) is 12.0 Å². The van der Waals surface area contributed by atoms with Gasteiger partial charge < -0.3 is 9.47 Å². The van der Waals surface area contributed by atoms with Crippen molar-refractivity contribution in [2.45, 2.75) is 0 Å². The van der Waals surface area contributed by atoms with Gasteiger partial charge in [-0.25, -0.2) is 4.98 Å². The van der Waals surface area contributed by atoms with E-state index >= 15 is 0 Å². The number of nitrogens with zero attached hydrogens (tertiary/aromatic N) is 3. The Balaban J connectivity index is 1.71. The van der Waals surface area contributed by atoms with Crippen LogP contribution in [0.3, 0.4) is 0 Å². The second-order valence-corrected chi connectivity index (χ2v) is 5.11. The van der Waals surface area contributed by atoms with Gasteiger partial charge in [0.05, 0.1) is 11.1 Å². The Kier molecular flexibility index (Phi) is 3.88. The number of nitrogens with one attached hydrogen (secondary N) is 1. The van der Waals surface area contributed by atoms with Crippen molar-refractivity contribution in [3.63, 3.8) is 0 Å². The third kappa shape index (κ3) is 2.98. The summed E-state index contributed by atoms with van der Waals surface area (Å²) in [5, 5.41) is 14.6. The van der Waals surface area contributed by atoms with Crippen LogP contribution in [0.5, 0.6) is 11.5 Å². The molecule has 112 valence electrons. The number of hydrogen-bond donors (Lipinski definition) is 1. The van der Waals surface area contributed by atoms with Crippen molar-refractivity contribution in [1.82, 2.24) is 4.98 Å². The molecule has 8 nitrogen and oxygen atoms in total. The predicted molar refractivity (Wildman–Crippen MR) is 82.4 cm³/mol. The molecule has 1 N–H and O–H groups in total. The zero-order chi connectivity index (χ0) is 15.5. The summed E-state index contributed by atoms with van der Waals surface area (Å²) in [5.74, 6) is 1.73. The van der Waals surface area contributed by atoms with Gasteiger partial charge in [0.15, 0.2) is 11.5 Å². The Morgan fingerprint density at radius 1 is 1.36 bits per heavy atom. The van der Waals surface area contributed by atoms with E-state index in [0.29, 0.717) is 17.3 Å². The van der Waals surface area contributed by atoms with Gasteiger partial charge in [0, 0.05) is 16.1 Å². The largest absolute Gasteiger partial charge is 0.454 e. The number of hydrazone groups is 1. The number of rotatable bonds is 4. The zero-order valence-corrected chi connectivity index (χ0v) is 12.6. The Labute approximate surface area is 133 Å². The normalized spacial score (nSPS) is 12.6. The Hall–Kier alpha value is -2.68. The summed E-state index contributed by atoms with van der Waals surface area (Å²) in [5.41, 5.74) is 3.41. The molecule has 3 rings (SSSR count). The zero-order valence-electron chi connectivity index (χ0n) is 11.0. The van der Waals surface area contributed by atoms with Gasteiger partial charge in [-0.2, -0.15) is 5.10 Å². The van der Waals surface area contributed by atoms with Crippen LogP contribution in [0.15, 0.2) is 40.0 Å². The topological polar surface area (TPSA) is 98.9 Å². The molecule has 1 aliphatic rings. The highest BCUT2D eigenvalue weighted by Gasteiger charge is 2.15. The van der Waals surface area contributed by atoms with Gasteiger partial charge in [-0.3, -0.25) is 15.5 Å². The van der Waals surface area contributed by atoms with E-state index in [9.17, 15) is 10.1 Å². The number of aromatic nitrogens is 1. The molecule has 2 aromatic rings. The van der Waals surface area contributed by atoms with Gasteiger partial charge in [0.2, 0.25) is 6.79 Å². The quantitative estimate of drug-likeness (QED) is 0.508. The van der Waals surface area contributed by atoms with Crippen LogP contribution >= 0.6 is 15.9 Å². The minimum atomic E-state index is -0.510. The van der Waals surface area contributed by atoms with Crippen LogP contribution < -0.4 is 14.9 Å². The molecular formula is C13H9BrN4O4. The average Bonchev–Trinajstić information content (AvgIpc) is 2.95. The van der Waals surface area contributed by atoms with Gasteiger partial charge >= 0.3 is 0 Å². The van der Waals surface area contributed by atoms with Crippen molar-refractivity contribution in [1.29, 1.82) is 0 Å². The summed E-state index contributed by atoms with van der Waals surface area (Å²) >= 11 is 3.42. The maximum Gasteiger partial charge on any atom is 0.287 e. The maximum absolute atomic E-state index is 10.5. The molecule has 0 aliphatic carbocycles. The molecule has 0 amide bonds. The van der Waals surface area contributed by atoms with E-state index in [1.165, 1.54) is 12.1 Å². The van der Waals surface area contributed by atoms with E-state index in [1.807, 2.05) is 0 Å². The van der Waals surface area contributed by atoms with Gasteiger partial charge in [-0.15, -0.1) is 0 Å². The number of ether oxygens (including phenoxy) is 2. The molecule has 0 fully saturated rings. The van der Waals surface area contributed by atoms with E-state index in [0.717, 1.165) is 16.2 Å². The van der Waals surface area contributed by atoms with E-state index in [4.69, 9.17) is 9.47 Å². The smallest absolute Gasteiger partial charge is 0.287 e. The van der Waals surface area contributed by atoms with Crippen LogP contribution in [0.25, 0.3) is 0 Å². The van der Waals surface area contributed by atoms with Crippen molar-refractivity contribution in [3.05, 3.63) is 50.6 Å². The lowest BCUT2D eigenvalue weighted by Crippen LogP contribution is -1.95. The van der Waals surface area contributed by atoms with Gasteiger partial charge in [-0.1, -0.05) is 0 Å². The SMILES string of the molecule is O=[N+]([O-])c1ccc(N/N=C/c2cc3c(cc2Br)OCO3)nc1. The summed E-state index contributed by atoms with van der Waals surface area (Å²) in [6.45, 7) is 0.202. The fourth-order valence-corrected chi connectivity index (χ4v) is 2.18. The lowest BCUT2D eigenvalue weighted by Gasteiger charge is -2.02. The Bertz CT molecular complexity index is 748. The standard InChI is InChI=1S/C13H9BrN4O4/c14-10-4-12-11(21-7-22-12)3-8(10)5-16-17-13-2-1-9(6-15-13)18(19)20/h1-6H,7H2,(H,15,17)/b16-5+. The van der Waals surface area contributed by atoms with E-state index in [1.54, 1.807) is 18.3 Å². The Morgan fingerprint density at radius 2 is 2.14 bits per heavy atom. The van der Waals surface area contributed by atoms with Crippen molar-refractivity contribution in [2.24, 2.45) is 5.10 Å². The number of halogens is 1. The maximum atomic E-state index is 10.5. The highest BCUT2D eigenvalue weighted by Crippen LogP contribution is 2.36. The number of benzene rings is 1. The summed E-state index contributed by atoms with van der Waals surface area (Å²) < 4.78 is 11.4. The fourth-order valence-electron chi connectivity index (χ4n) is 1.76. The van der Waals surface area contributed by atoms with Crippen LogP contribution in [-0.2, 0) is 0 Å². The minimum absolute atomic E-state index is 0.0759. The second kappa shape index (κ2) is 5.98. The van der Waals surface area contributed by atoms with E-state index in [2.05, 4.69) is 31.4 Å². The second-order valence-electron chi connectivity index (χ2n) is 4.26. The minimum Gasteiger partial charge on any atom is -0.454 e. The van der Waals surface area contributed by atoms with Crippen LogP contribution in [-0.4, -0.2) is 22.9 Å². The molecule has 2 heterocycles. The van der Waals surface area contributed by atoms with Crippen LogP contribution in [0.2, 0.25) is 0 Å². The number of nitro groups is 1. The van der Waals surface area contributed by atoms with Gasteiger partial charge in [-0.05, 0) is 34.1 Å². The van der Waals surface area contributed by atoms with Crippen LogP contribution in [0.1, 0.15) is 5.56 Å². The summed E-state index contributed by atoms with van der Waals surface area (Å²) in [7, 11) is 0. The monoisotopic (exact) mass is 364 g/mol. The van der Waals surface area contributed by atoms with Gasteiger partial charge in [0.25, 0.3) is 5.69 Å². The highest BCUT2D eigenvalue weighted by atomic mass is 79.9. The molecular weight excluding hydrogens is 356 g/mol. The molecule has 9 heteroatoms. The molecule has 0 saturated carbocycles. The van der Waals surface area contributed by atoms with Crippen LogP contribution in [0.4, 0.5) is 11.5 Å². The van der Waals surface area contributed by atoms with Crippen molar-refractivity contribution in [3.8, 4) is 11.5 Å². The van der Waals surface area contributed by atoms with E-state index < -0.39 is 4.92 Å². The highest BCUT2D eigenvalue weighted by molar-refractivity contribution is 9.10. The first-order valence-corrected chi connectivity index (χ1v) is 6.91. The van der Waals surface area contributed by atoms with Crippen molar-refractivity contribution in [2.75, 3.05) is 12.2 Å². The molecule has 0 radical (unpaired) electrons. The summed E-state index contributed by atoms with van der Waals surface area (Å²) in [6, 6.07) is 6.42. The fraction of sp³-hybridized carbons (Fsp3) is 0.0769. The first-order valence-electron chi connectivity index (χ1n) is 6.12. The Morgan fingerprint density at radius 3 is 2.82 bits per heavy atom. The van der Waals surface area contributed by atoms with E-state index in [-0.39, 0.29) is 12.5 Å². The molecule has 22 heavy (non-hydrogen) atoms. The molecule has 0 spiro atoms. The molecule has 1 aromatic heterocycles. The third-order valence-electron chi connectivity index (χ3n) is 2.83. The molecule has 0 saturated heterocycles. The summed E-state index contributed by atoms with van der Waals surface area (Å²) in [4.78, 5) is 13.9. The molecule has 0 bridgehead atoms. The lowest BCUT2D eigenvalue weighted by atomic mass is 10.2. The van der Waals surface area contributed by atoms with Crippen LogP contribution in [0, 0.1) is 10.1 Å². The molecule has 1 aromatic carbocycles. The number of hydrogen-bond acceptors (Lipinski definition) is 7.